The average molecular weight is 524 g/mol. The molecule has 3 aromatic carbocycles. The van der Waals surface area contributed by atoms with Gasteiger partial charge in [0, 0.05) is 46.3 Å². The van der Waals surface area contributed by atoms with Crippen LogP contribution in [0.1, 0.15) is 21.5 Å². The second-order valence-corrected chi connectivity index (χ2v) is 9.55. The molecule has 5 aromatic rings. The molecule has 0 saturated carbocycles. The number of aromatic amines is 2. The Bertz CT molecular complexity index is 1710. The topological polar surface area (TPSA) is 114 Å². The smallest absolute Gasteiger partial charge is 0.337 e. The second-order valence-electron chi connectivity index (χ2n) is 9.55. The number of H-pyrrole nitrogens is 2. The van der Waals surface area contributed by atoms with Crippen LogP contribution < -0.4 is 4.90 Å². The van der Waals surface area contributed by atoms with Crippen LogP contribution in [0, 0.1) is 0 Å². The van der Waals surface area contributed by atoms with Gasteiger partial charge in [0.2, 0.25) is 5.91 Å². The maximum Gasteiger partial charge on any atom is 0.337 e. The lowest BCUT2D eigenvalue weighted by molar-refractivity contribution is -0.118. The van der Waals surface area contributed by atoms with Gasteiger partial charge in [-0.3, -0.25) is 4.79 Å². The first-order valence-corrected chi connectivity index (χ1v) is 12.4. The van der Waals surface area contributed by atoms with Crippen molar-refractivity contribution in [2.75, 3.05) is 39.7 Å². The van der Waals surface area contributed by atoms with E-state index < -0.39 is 5.97 Å². The summed E-state index contributed by atoms with van der Waals surface area (Å²) in [7, 11) is 6.78. The van der Waals surface area contributed by atoms with Crippen LogP contribution in [0.15, 0.2) is 77.9 Å². The Morgan fingerprint density at radius 3 is 2.38 bits per heavy atom. The summed E-state index contributed by atoms with van der Waals surface area (Å²) in [5.74, 6) is -0.550. The van der Waals surface area contributed by atoms with Crippen molar-refractivity contribution in [3.8, 4) is 5.88 Å². The van der Waals surface area contributed by atoms with Crippen LogP contribution in [0.4, 0.5) is 11.4 Å². The summed E-state index contributed by atoms with van der Waals surface area (Å²) in [5.41, 5.74) is 5.20. The lowest BCUT2D eigenvalue weighted by Gasteiger charge is -2.19. The zero-order chi connectivity index (χ0) is 27.7. The minimum atomic E-state index is -0.464. The molecular weight excluding hydrogens is 494 g/mol. The van der Waals surface area contributed by atoms with Crippen molar-refractivity contribution in [2.45, 2.75) is 0 Å². The molecule has 5 rings (SSSR count). The SMILES string of the molecule is COC(=O)c1ccc2c(C(=Nc3ccc(N(C)C(=O)CN(C)C)cc3)c3ccc4[nH]ccc4c3)c(O)[nH]c2c1. The van der Waals surface area contributed by atoms with Crippen LogP contribution in [0.25, 0.3) is 21.8 Å². The van der Waals surface area contributed by atoms with Gasteiger partial charge in [0.15, 0.2) is 5.88 Å². The number of esters is 1. The minimum Gasteiger partial charge on any atom is -0.494 e. The van der Waals surface area contributed by atoms with E-state index >= 15 is 0 Å². The van der Waals surface area contributed by atoms with Crippen LogP contribution in [-0.4, -0.2) is 72.4 Å². The molecule has 0 saturated heterocycles. The minimum absolute atomic E-state index is 0.0215. The van der Waals surface area contributed by atoms with Gasteiger partial charge in [-0.05, 0) is 68.7 Å². The van der Waals surface area contributed by atoms with E-state index in [4.69, 9.17) is 9.73 Å². The van der Waals surface area contributed by atoms with Gasteiger partial charge in [0.05, 0.1) is 36.2 Å². The maximum atomic E-state index is 12.5. The van der Waals surface area contributed by atoms with Gasteiger partial charge in [0.25, 0.3) is 0 Å². The van der Waals surface area contributed by atoms with Crippen LogP contribution in [0.2, 0.25) is 0 Å². The Morgan fingerprint density at radius 2 is 1.67 bits per heavy atom. The monoisotopic (exact) mass is 523 g/mol. The van der Waals surface area contributed by atoms with Gasteiger partial charge in [-0.25, -0.2) is 9.79 Å². The van der Waals surface area contributed by atoms with Crippen LogP contribution >= 0.6 is 0 Å². The Morgan fingerprint density at radius 1 is 0.923 bits per heavy atom. The largest absolute Gasteiger partial charge is 0.494 e. The third kappa shape index (κ3) is 5.12. The lowest BCUT2D eigenvalue weighted by Crippen LogP contribution is -2.34. The summed E-state index contributed by atoms with van der Waals surface area (Å²) < 4.78 is 4.84. The number of carbonyl (C=O) groups excluding carboxylic acids is 2. The highest BCUT2D eigenvalue weighted by Gasteiger charge is 2.21. The highest BCUT2D eigenvalue weighted by molar-refractivity contribution is 6.22. The van der Waals surface area contributed by atoms with Crippen molar-refractivity contribution in [3.05, 3.63) is 89.6 Å². The molecule has 0 atom stereocenters. The number of hydrogen-bond donors (Lipinski definition) is 3. The summed E-state index contributed by atoms with van der Waals surface area (Å²) in [6, 6.07) is 20.3. The highest BCUT2D eigenvalue weighted by Crippen LogP contribution is 2.33. The number of ether oxygens (including phenoxy) is 1. The fraction of sp³-hybridized carbons (Fsp3) is 0.167. The maximum absolute atomic E-state index is 12.5. The van der Waals surface area contributed by atoms with Crippen molar-refractivity contribution >= 4 is 50.8 Å². The fourth-order valence-electron chi connectivity index (χ4n) is 4.53. The first kappa shape index (κ1) is 25.7. The number of benzene rings is 3. The molecule has 0 spiro atoms. The number of aliphatic imine (C=N–C) groups is 1. The molecule has 0 fully saturated rings. The highest BCUT2D eigenvalue weighted by atomic mass is 16.5. The number of aromatic hydroxyl groups is 1. The Labute approximate surface area is 225 Å². The van der Waals surface area contributed by atoms with Crippen molar-refractivity contribution in [2.24, 2.45) is 4.99 Å². The van der Waals surface area contributed by atoms with E-state index in [0.29, 0.717) is 40.0 Å². The van der Waals surface area contributed by atoms with E-state index in [2.05, 4.69) is 9.97 Å². The standard InChI is InChI=1S/C30H29N5O4/c1-34(2)17-26(36)35(3)22-9-7-21(8-10-22)32-28(19-6-12-24-18(15-19)13-14-31-24)27-23-11-5-20(30(38)39-4)16-25(23)33-29(27)37/h5-16,31,33,37H,17H2,1-4H3. The molecule has 3 N–H and O–H groups in total. The fourth-order valence-corrected chi connectivity index (χ4v) is 4.53. The molecule has 0 aliphatic carbocycles. The molecule has 2 heterocycles. The van der Waals surface area contributed by atoms with Gasteiger partial charge >= 0.3 is 5.97 Å². The summed E-state index contributed by atoms with van der Waals surface area (Å²) in [5, 5.41) is 12.8. The summed E-state index contributed by atoms with van der Waals surface area (Å²) >= 11 is 0. The first-order valence-electron chi connectivity index (χ1n) is 12.4. The second kappa shape index (κ2) is 10.5. The predicted molar refractivity (Wildman–Crippen MR) is 153 cm³/mol. The molecule has 198 valence electrons. The third-order valence-corrected chi connectivity index (χ3v) is 6.57. The molecule has 0 unspecified atom stereocenters. The van der Waals surface area contributed by atoms with Crippen LogP contribution in [0.5, 0.6) is 5.88 Å². The van der Waals surface area contributed by atoms with Crippen molar-refractivity contribution in [1.82, 2.24) is 14.9 Å². The first-order chi connectivity index (χ1) is 18.7. The number of anilines is 1. The van der Waals surface area contributed by atoms with Gasteiger partial charge in [-0.15, -0.1) is 0 Å². The van der Waals surface area contributed by atoms with Crippen LogP contribution in [0.3, 0.4) is 0 Å². The van der Waals surface area contributed by atoms with E-state index in [9.17, 15) is 14.7 Å². The normalized spacial score (nSPS) is 11.9. The van der Waals surface area contributed by atoms with E-state index in [0.717, 1.165) is 22.2 Å². The van der Waals surface area contributed by atoms with E-state index in [1.54, 1.807) is 30.1 Å². The summed E-state index contributed by atoms with van der Waals surface area (Å²) in [6.45, 7) is 0.305. The van der Waals surface area contributed by atoms with Crippen LogP contribution in [-0.2, 0) is 9.53 Å². The molecular formula is C30H29N5O4. The number of amides is 1. The molecule has 9 heteroatoms. The number of hydrogen-bond acceptors (Lipinski definition) is 6. The molecule has 0 radical (unpaired) electrons. The molecule has 39 heavy (non-hydrogen) atoms. The summed E-state index contributed by atoms with van der Waals surface area (Å²) in [6.07, 6.45) is 1.87. The quantitative estimate of drug-likeness (QED) is 0.209. The Kier molecular flexibility index (Phi) is 6.91. The van der Waals surface area contributed by atoms with Crippen molar-refractivity contribution in [1.29, 1.82) is 0 Å². The molecule has 9 nitrogen and oxygen atoms in total. The Balaban J connectivity index is 1.61. The Hall–Kier alpha value is -4.89. The number of fused-ring (bicyclic) bond motifs is 2. The molecule has 0 aliphatic heterocycles. The average Bonchev–Trinajstić information content (AvgIpc) is 3.53. The van der Waals surface area contributed by atoms with Gasteiger partial charge in [-0.1, -0.05) is 12.1 Å². The van der Waals surface area contributed by atoms with E-state index in [-0.39, 0.29) is 11.8 Å². The predicted octanol–water partition coefficient (Wildman–Crippen LogP) is 4.83. The number of nitrogens with zero attached hydrogens (tertiary/aromatic N) is 3. The molecule has 0 aliphatic rings. The molecule has 1 amide bonds. The van der Waals surface area contributed by atoms with Gasteiger partial charge in [0.1, 0.15) is 0 Å². The number of rotatable bonds is 7. The zero-order valence-corrected chi connectivity index (χ0v) is 22.1. The molecule has 0 bridgehead atoms. The van der Waals surface area contributed by atoms with E-state index in [1.165, 1.54) is 7.11 Å². The van der Waals surface area contributed by atoms with Crippen molar-refractivity contribution in [3.63, 3.8) is 0 Å². The number of methoxy groups -OCH3 is 1. The zero-order valence-electron chi connectivity index (χ0n) is 22.1. The third-order valence-electron chi connectivity index (χ3n) is 6.57. The van der Waals surface area contributed by atoms with E-state index in [1.807, 2.05) is 73.7 Å². The van der Waals surface area contributed by atoms with Gasteiger partial charge < -0.3 is 29.6 Å². The van der Waals surface area contributed by atoms with Gasteiger partial charge in [-0.2, -0.15) is 0 Å². The number of carbonyl (C=O) groups is 2. The number of aromatic nitrogens is 2. The number of likely N-dealkylation sites (N-methyl/N-ethyl adjacent to an activating group) is 2. The van der Waals surface area contributed by atoms with Crippen molar-refractivity contribution < 1.29 is 19.4 Å². The summed E-state index contributed by atoms with van der Waals surface area (Å²) in [4.78, 5) is 39.1. The number of nitrogens with one attached hydrogen (secondary N) is 2. The lowest BCUT2D eigenvalue weighted by atomic mass is 9.99. The molecule has 2 aromatic heterocycles.